The van der Waals surface area contributed by atoms with Crippen LogP contribution in [0.15, 0.2) is 28.7 Å². The highest BCUT2D eigenvalue weighted by molar-refractivity contribution is 9.10. The normalized spacial score (nSPS) is 14.5. The van der Waals surface area contributed by atoms with Crippen LogP contribution in [0, 0.1) is 5.92 Å². The summed E-state index contributed by atoms with van der Waals surface area (Å²) in [6.45, 7) is 6.02. The quantitative estimate of drug-likeness (QED) is 0.804. The van der Waals surface area contributed by atoms with Crippen LogP contribution in [0.2, 0.25) is 0 Å². The average Bonchev–Trinajstić information content (AvgIpc) is 2.28. The van der Waals surface area contributed by atoms with Gasteiger partial charge in [-0.1, -0.05) is 57.8 Å². The molecular formula is C13H17Br2NO. The summed E-state index contributed by atoms with van der Waals surface area (Å²) < 4.78 is 1.04. The second-order valence-corrected chi connectivity index (χ2v) is 6.33. The molecule has 1 rings (SSSR count). The minimum atomic E-state index is -0.139. The predicted molar refractivity (Wildman–Crippen MR) is 78.3 cm³/mol. The first-order valence-corrected chi connectivity index (χ1v) is 7.32. The van der Waals surface area contributed by atoms with Crippen LogP contribution in [0.1, 0.15) is 32.4 Å². The van der Waals surface area contributed by atoms with Crippen molar-refractivity contribution in [2.75, 3.05) is 0 Å². The molecule has 1 amide bonds. The van der Waals surface area contributed by atoms with E-state index in [0.717, 1.165) is 10.0 Å². The van der Waals surface area contributed by atoms with E-state index in [2.05, 4.69) is 37.2 Å². The van der Waals surface area contributed by atoms with Crippen molar-refractivity contribution in [1.82, 2.24) is 5.32 Å². The van der Waals surface area contributed by atoms with Crippen molar-refractivity contribution in [1.29, 1.82) is 0 Å². The largest absolute Gasteiger partial charge is 0.349 e. The standard InChI is InChI=1S/C13H17Br2NO/c1-8(2)12(15)13(17)16-9(3)10-4-6-11(14)7-5-10/h4-9,12H,1-3H3,(H,16,17). The maximum Gasteiger partial charge on any atom is 0.234 e. The first-order valence-electron chi connectivity index (χ1n) is 5.61. The number of halogens is 2. The monoisotopic (exact) mass is 361 g/mol. The summed E-state index contributed by atoms with van der Waals surface area (Å²) in [5.74, 6) is 0.322. The molecule has 4 heteroatoms. The summed E-state index contributed by atoms with van der Waals surface area (Å²) in [5, 5.41) is 3.00. The number of amides is 1. The molecule has 17 heavy (non-hydrogen) atoms. The molecule has 0 bridgehead atoms. The molecule has 0 aliphatic rings. The fourth-order valence-electron chi connectivity index (χ4n) is 1.43. The zero-order valence-electron chi connectivity index (χ0n) is 10.2. The van der Waals surface area contributed by atoms with Gasteiger partial charge in [-0.3, -0.25) is 4.79 Å². The Morgan fingerprint density at radius 3 is 2.18 bits per heavy atom. The fraction of sp³-hybridized carbons (Fsp3) is 0.462. The Kier molecular flexibility index (Phi) is 5.67. The summed E-state index contributed by atoms with van der Waals surface area (Å²) in [4.78, 5) is 11.7. The molecule has 2 unspecified atom stereocenters. The summed E-state index contributed by atoms with van der Waals surface area (Å²) in [5.41, 5.74) is 1.10. The van der Waals surface area contributed by atoms with Crippen LogP contribution in [-0.2, 0) is 4.79 Å². The molecule has 0 aliphatic carbocycles. The Morgan fingerprint density at radius 2 is 1.71 bits per heavy atom. The van der Waals surface area contributed by atoms with E-state index in [-0.39, 0.29) is 22.7 Å². The zero-order chi connectivity index (χ0) is 13.0. The molecule has 0 radical (unpaired) electrons. The van der Waals surface area contributed by atoms with E-state index in [1.54, 1.807) is 0 Å². The molecule has 94 valence electrons. The Hall–Kier alpha value is -0.350. The average molecular weight is 363 g/mol. The van der Waals surface area contributed by atoms with Gasteiger partial charge in [-0.2, -0.15) is 0 Å². The van der Waals surface area contributed by atoms with Crippen molar-refractivity contribution in [3.05, 3.63) is 34.3 Å². The third-order valence-electron chi connectivity index (χ3n) is 2.56. The van der Waals surface area contributed by atoms with Crippen molar-refractivity contribution in [3.8, 4) is 0 Å². The van der Waals surface area contributed by atoms with E-state index in [1.165, 1.54) is 0 Å². The first-order chi connectivity index (χ1) is 7.91. The van der Waals surface area contributed by atoms with Gasteiger partial charge in [0.15, 0.2) is 0 Å². The fourth-order valence-corrected chi connectivity index (χ4v) is 1.83. The molecule has 0 fully saturated rings. The second kappa shape index (κ2) is 6.55. The Morgan fingerprint density at radius 1 is 1.18 bits per heavy atom. The molecule has 1 aromatic carbocycles. The zero-order valence-corrected chi connectivity index (χ0v) is 13.4. The lowest BCUT2D eigenvalue weighted by Gasteiger charge is -2.19. The number of rotatable bonds is 4. The van der Waals surface area contributed by atoms with Crippen molar-refractivity contribution in [2.24, 2.45) is 5.92 Å². The predicted octanol–water partition coefficient (Wildman–Crippen LogP) is 4.05. The minimum Gasteiger partial charge on any atom is -0.349 e. The van der Waals surface area contributed by atoms with Gasteiger partial charge in [0.05, 0.1) is 10.9 Å². The molecule has 0 saturated carbocycles. The Balaban J connectivity index is 2.63. The van der Waals surface area contributed by atoms with Crippen LogP contribution in [-0.4, -0.2) is 10.7 Å². The van der Waals surface area contributed by atoms with Crippen LogP contribution >= 0.6 is 31.9 Å². The highest BCUT2D eigenvalue weighted by atomic mass is 79.9. The van der Waals surface area contributed by atoms with Gasteiger partial charge in [0.25, 0.3) is 0 Å². The number of carbonyl (C=O) groups excluding carboxylic acids is 1. The number of hydrogen-bond donors (Lipinski definition) is 1. The van der Waals surface area contributed by atoms with Gasteiger partial charge in [0.2, 0.25) is 5.91 Å². The highest BCUT2D eigenvalue weighted by Crippen LogP contribution is 2.18. The van der Waals surface area contributed by atoms with E-state index >= 15 is 0 Å². The number of benzene rings is 1. The lowest BCUT2D eigenvalue weighted by molar-refractivity contribution is -0.121. The topological polar surface area (TPSA) is 29.1 Å². The van der Waals surface area contributed by atoms with Crippen molar-refractivity contribution >= 4 is 37.8 Å². The van der Waals surface area contributed by atoms with Crippen molar-refractivity contribution < 1.29 is 4.79 Å². The summed E-state index contributed by atoms with van der Waals surface area (Å²) in [7, 11) is 0. The molecule has 0 aliphatic heterocycles. The van der Waals surface area contributed by atoms with Crippen LogP contribution in [0.4, 0.5) is 0 Å². The summed E-state index contributed by atoms with van der Waals surface area (Å²) >= 11 is 6.79. The SMILES string of the molecule is CC(NC(=O)C(Br)C(C)C)c1ccc(Br)cc1. The van der Waals surface area contributed by atoms with Crippen LogP contribution in [0.25, 0.3) is 0 Å². The molecule has 0 heterocycles. The van der Waals surface area contributed by atoms with E-state index in [0.29, 0.717) is 0 Å². The lowest BCUT2D eigenvalue weighted by Crippen LogP contribution is -2.35. The molecule has 0 saturated heterocycles. The number of hydrogen-bond acceptors (Lipinski definition) is 1. The lowest BCUT2D eigenvalue weighted by atomic mass is 10.1. The summed E-state index contributed by atoms with van der Waals surface area (Å²) in [6, 6.07) is 7.99. The van der Waals surface area contributed by atoms with Crippen LogP contribution in [0.5, 0.6) is 0 Å². The number of carbonyl (C=O) groups is 1. The smallest absolute Gasteiger partial charge is 0.234 e. The van der Waals surface area contributed by atoms with E-state index in [9.17, 15) is 4.79 Å². The number of alkyl halides is 1. The van der Waals surface area contributed by atoms with Gasteiger partial charge >= 0.3 is 0 Å². The van der Waals surface area contributed by atoms with Crippen LogP contribution in [0.3, 0.4) is 0 Å². The van der Waals surface area contributed by atoms with Gasteiger partial charge in [0.1, 0.15) is 0 Å². The Labute approximate surface area is 119 Å². The van der Waals surface area contributed by atoms with Gasteiger partial charge in [-0.25, -0.2) is 0 Å². The van der Waals surface area contributed by atoms with Gasteiger partial charge in [0, 0.05) is 4.47 Å². The molecule has 1 N–H and O–H groups in total. The van der Waals surface area contributed by atoms with Gasteiger partial charge in [-0.05, 0) is 30.5 Å². The third-order valence-corrected chi connectivity index (χ3v) is 4.57. The molecule has 0 spiro atoms. The van der Waals surface area contributed by atoms with Gasteiger partial charge in [-0.15, -0.1) is 0 Å². The second-order valence-electron chi connectivity index (χ2n) is 4.43. The van der Waals surface area contributed by atoms with Crippen LogP contribution < -0.4 is 5.32 Å². The molecule has 1 aromatic rings. The third kappa shape index (κ3) is 4.43. The molecule has 2 nitrogen and oxygen atoms in total. The maximum absolute atomic E-state index is 11.9. The first kappa shape index (κ1) is 14.7. The van der Waals surface area contributed by atoms with Crippen molar-refractivity contribution in [3.63, 3.8) is 0 Å². The molecular weight excluding hydrogens is 346 g/mol. The van der Waals surface area contributed by atoms with Crippen molar-refractivity contribution in [2.45, 2.75) is 31.6 Å². The van der Waals surface area contributed by atoms with Gasteiger partial charge < -0.3 is 5.32 Å². The Bertz CT molecular complexity index is 376. The van der Waals surface area contributed by atoms with E-state index < -0.39 is 0 Å². The maximum atomic E-state index is 11.9. The van der Waals surface area contributed by atoms with E-state index in [4.69, 9.17) is 0 Å². The van der Waals surface area contributed by atoms with E-state index in [1.807, 2.05) is 45.0 Å². The highest BCUT2D eigenvalue weighted by Gasteiger charge is 2.20. The molecule has 0 aromatic heterocycles. The molecule has 2 atom stereocenters. The summed E-state index contributed by atoms with van der Waals surface area (Å²) in [6.07, 6.45) is 0. The number of nitrogens with one attached hydrogen (secondary N) is 1. The minimum absolute atomic E-state index is 0.0226.